The van der Waals surface area contributed by atoms with Crippen LogP contribution in [0.25, 0.3) is 0 Å². The highest BCUT2D eigenvalue weighted by Gasteiger charge is 2.31. The molecule has 0 atom stereocenters. The fourth-order valence-electron chi connectivity index (χ4n) is 1.28. The van der Waals surface area contributed by atoms with Gasteiger partial charge >= 0.3 is 6.18 Å². The van der Waals surface area contributed by atoms with E-state index in [1.807, 2.05) is 0 Å². The Hall–Kier alpha value is -1.98. The maximum atomic E-state index is 12.6. The van der Waals surface area contributed by atoms with E-state index in [4.69, 9.17) is 5.26 Å². The van der Waals surface area contributed by atoms with Crippen LogP contribution in [0.3, 0.4) is 0 Å². The number of halogens is 3. The van der Waals surface area contributed by atoms with E-state index in [1.54, 1.807) is 13.1 Å². The standard InChI is InChI=1S/C13H11F3N2/c1-18-5-3-2-4-10-6-11(9-17)8-12(7-10)13(14,15)16/h6-8,18H,3,5H2,1H3. The topological polar surface area (TPSA) is 35.8 Å². The van der Waals surface area contributed by atoms with E-state index in [0.717, 1.165) is 12.1 Å². The van der Waals surface area contributed by atoms with Gasteiger partial charge in [-0.2, -0.15) is 18.4 Å². The van der Waals surface area contributed by atoms with E-state index in [-0.39, 0.29) is 11.1 Å². The third-order valence-corrected chi connectivity index (χ3v) is 2.12. The predicted molar refractivity (Wildman–Crippen MR) is 61.6 cm³/mol. The monoisotopic (exact) mass is 252 g/mol. The first-order chi connectivity index (χ1) is 8.47. The van der Waals surface area contributed by atoms with Gasteiger partial charge < -0.3 is 5.32 Å². The summed E-state index contributed by atoms with van der Waals surface area (Å²) in [5.74, 6) is 5.37. The average molecular weight is 252 g/mol. The smallest absolute Gasteiger partial charge is 0.319 e. The maximum Gasteiger partial charge on any atom is 0.416 e. The molecule has 1 aromatic carbocycles. The van der Waals surface area contributed by atoms with Gasteiger partial charge in [-0.1, -0.05) is 11.8 Å². The second-order valence-corrected chi connectivity index (χ2v) is 3.56. The molecule has 1 aromatic rings. The number of benzene rings is 1. The van der Waals surface area contributed by atoms with E-state index >= 15 is 0 Å². The molecule has 0 spiro atoms. The molecule has 0 aromatic heterocycles. The quantitative estimate of drug-likeness (QED) is 0.648. The normalized spacial score (nSPS) is 10.4. The van der Waals surface area contributed by atoms with Gasteiger partial charge in [-0.15, -0.1) is 0 Å². The number of rotatable bonds is 2. The van der Waals surface area contributed by atoms with E-state index in [2.05, 4.69) is 17.2 Å². The lowest BCUT2D eigenvalue weighted by Crippen LogP contribution is -2.06. The van der Waals surface area contributed by atoms with Gasteiger partial charge in [0.25, 0.3) is 0 Å². The summed E-state index contributed by atoms with van der Waals surface area (Å²) in [7, 11) is 1.76. The Kier molecular flexibility index (Phi) is 4.76. The average Bonchev–Trinajstić information content (AvgIpc) is 2.33. The molecule has 1 N–H and O–H groups in total. The Bertz CT molecular complexity index is 516. The van der Waals surface area contributed by atoms with Crippen molar-refractivity contribution in [3.8, 4) is 17.9 Å². The van der Waals surface area contributed by atoms with Crippen LogP contribution in [0.15, 0.2) is 18.2 Å². The Morgan fingerprint density at radius 1 is 1.22 bits per heavy atom. The van der Waals surface area contributed by atoms with Crippen molar-refractivity contribution in [1.29, 1.82) is 5.26 Å². The van der Waals surface area contributed by atoms with Crippen molar-refractivity contribution in [3.05, 3.63) is 34.9 Å². The van der Waals surface area contributed by atoms with Crippen LogP contribution in [0.4, 0.5) is 13.2 Å². The predicted octanol–water partition coefficient (Wildman–Crippen LogP) is 2.54. The number of alkyl halides is 3. The SMILES string of the molecule is CNCCC#Cc1cc(C#N)cc(C(F)(F)F)c1. The van der Waals surface area contributed by atoms with Crippen LogP contribution in [0.5, 0.6) is 0 Å². The zero-order valence-corrected chi connectivity index (χ0v) is 9.73. The fourth-order valence-corrected chi connectivity index (χ4v) is 1.28. The molecule has 0 bridgehead atoms. The Morgan fingerprint density at radius 2 is 1.89 bits per heavy atom. The van der Waals surface area contributed by atoms with Crippen LogP contribution >= 0.6 is 0 Å². The number of hydrogen-bond donors (Lipinski definition) is 1. The first-order valence-corrected chi connectivity index (χ1v) is 5.23. The molecule has 0 aliphatic heterocycles. The highest BCUT2D eigenvalue weighted by atomic mass is 19.4. The summed E-state index contributed by atoms with van der Waals surface area (Å²) in [6.45, 7) is 0.664. The molecule has 2 nitrogen and oxygen atoms in total. The van der Waals surface area contributed by atoms with Gasteiger partial charge in [0.2, 0.25) is 0 Å². The summed E-state index contributed by atoms with van der Waals surface area (Å²) in [6.07, 6.45) is -3.93. The van der Waals surface area contributed by atoms with Gasteiger partial charge in [0.1, 0.15) is 0 Å². The van der Waals surface area contributed by atoms with Crippen LogP contribution in [0.2, 0.25) is 0 Å². The molecule has 5 heteroatoms. The van der Waals surface area contributed by atoms with Crippen LogP contribution in [-0.2, 0) is 6.18 Å². The number of nitrogens with one attached hydrogen (secondary N) is 1. The lowest BCUT2D eigenvalue weighted by Gasteiger charge is -2.07. The Balaban J connectivity index is 3.05. The molecule has 0 fully saturated rings. The number of nitriles is 1. The zero-order valence-electron chi connectivity index (χ0n) is 9.73. The van der Waals surface area contributed by atoms with Crippen molar-refractivity contribution < 1.29 is 13.2 Å². The molecule has 18 heavy (non-hydrogen) atoms. The zero-order chi connectivity index (χ0) is 13.6. The Labute approximate surface area is 103 Å². The molecular formula is C13H11F3N2. The van der Waals surface area contributed by atoms with E-state index < -0.39 is 11.7 Å². The fraction of sp³-hybridized carbons (Fsp3) is 0.308. The van der Waals surface area contributed by atoms with E-state index in [1.165, 1.54) is 6.07 Å². The molecule has 0 unspecified atom stereocenters. The minimum atomic E-state index is -4.46. The molecule has 94 valence electrons. The highest BCUT2D eigenvalue weighted by molar-refractivity contribution is 5.45. The third-order valence-electron chi connectivity index (χ3n) is 2.12. The second-order valence-electron chi connectivity index (χ2n) is 3.56. The largest absolute Gasteiger partial charge is 0.416 e. The van der Waals surface area contributed by atoms with Crippen molar-refractivity contribution in [2.45, 2.75) is 12.6 Å². The number of hydrogen-bond acceptors (Lipinski definition) is 2. The van der Waals surface area contributed by atoms with Crippen molar-refractivity contribution >= 4 is 0 Å². The molecule has 0 heterocycles. The van der Waals surface area contributed by atoms with Crippen LogP contribution in [-0.4, -0.2) is 13.6 Å². The van der Waals surface area contributed by atoms with Gasteiger partial charge in [-0.25, -0.2) is 0 Å². The summed E-state index contributed by atoms with van der Waals surface area (Å²) in [5, 5.41) is 11.6. The maximum absolute atomic E-state index is 12.6. The Morgan fingerprint density at radius 3 is 2.44 bits per heavy atom. The van der Waals surface area contributed by atoms with E-state index in [0.29, 0.717) is 13.0 Å². The highest BCUT2D eigenvalue weighted by Crippen LogP contribution is 2.30. The van der Waals surface area contributed by atoms with Crippen molar-refractivity contribution in [1.82, 2.24) is 5.32 Å². The van der Waals surface area contributed by atoms with Gasteiger partial charge in [0, 0.05) is 18.5 Å². The summed E-state index contributed by atoms with van der Waals surface area (Å²) in [5.41, 5.74) is -0.681. The molecule has 0 saturated heterocycles. The van der Waals surface area contributed by atoms with Gasteiger partial charge in [0.15, 0.2) is 0 Å². The first kappa shape index (κ1) is 14.1. The summed E-state index contributed by atoms with van der Waals surface area (Å²) in [6, 6.07) is 4.82. The molecule has 0 saturated carbocycles. The number of nitrogens with zero attached hydrogens (tertiary/aromatic N) is 1. The molecule has 0 aliphatic carbocycles. The summed E-state index contributed by atoms with van der Waals surface area (Å²) >= 11 is 0. The van der Waals surface area contributed by atoms with Gasteiger partial charge in [-0.3, -0.25) is 0 Å². The molecule has 0 radical (unpaired) electrons. The lowest BCUT2D eigenvalue weighted by atomic mass is 10.1. The van der Waals surface area contributed by atoms with Crippen LogP contribution in [0.1, 0.15) is 23.1 Å². The molecular weight excluding hydrogens is 241 g/mol. The minimum Gasteiger partial charge on any atom is -0.319 e. The van der Waals surface area contributed by atoms with Gasteiger partial charge in [0.05, 0.1) is 17.2 Å². The molecule has 0 aliphatic rings. The van der Waals surface area contributed by atoms with E-state index in [9.17, 15) is 13.2 Å². The lowest BCUT2D eigenvalue weighted by molar-refractivity contribution is -0.137. The summed E-state index contributed by atoms with van der Waals surface area (Å²) in [4.78, 5) is 0. The first-order valence-electron chi connectivity index (χ1n) is 5.23. The van der Waals surface area contributed by atoms with Crippen molar-refractivity contribution in [2.75, 3.05) is 13.6 Å². The van der Waals surface area contributed by atoms with Crippen molar-refractivity contribution in [2.24, 2.45) is 0 Å². The van der Waals surface area contributed by atoms with Crippen LogP contribution < -0.4 is 5.32 Å². The summed E-state index contributed by atoms with van der Waals surface area (Å²) < 4.78 is 37.7. The molecule has 1 rings (SSSR count). The molecule has 0 amide bonds. The minimum absolute atomic E-state index is 0.0391. The van der Waals surface area contributed by atoms with Crippen LogP contribution in [0, 0.1) is 23.2 Å². The van der Waals surface area contributed by atoms with Crippen molar-refractivity contribution in [3.63, 3.8) is 0 Å². The second kappa shape index (κ2) is 6.09. The van der Waals surface area contributed by atoms with Gasteiger partial charge in [-0.05, 0) is 25.2 Å². The third kappa shape index (κ3) is 4.12.